The first-order valence-corrected chi connectivity index (χ1v) is 6.96. The lowest BCUT2D eigenvalue weighted by Crippen LogP contribution is -1.99. The molecular weight excluding hydrogens is 351 g/mol. The average Bonchev–Trinajstić information content (AvgIpc) is 2.82. The van der Waals surface area contributed by atoms with Crippen molar-refractivity contribution in [3.63, 3.8) is 0 Å². The Morgan fingerprint density at radius 3 is 2.63 bits per heavy atom. The van der Waals surface area contributed by atoms with Crippen molar-refractivity contribution in [1.82, 2.24) is 19.6 Å². The van der Waals surface area contributed by atoms with E-state index in [1.807, 2.05) is 35.6 Å². The van der Waals surface area contributed by atoms with Gasteiger partial charge in [-0.25, -0.2) is 4.98 Å². The van der Waals surface area contributed by atoms with E-state index < -0.39 is 0 Å². The first kappa shape index (κ1) is 12.8. The van der Waals surface area contributed by atoms with Crippen molar-refractivity contribution in [3.8, 4) is 11.4 Å². The van der Waals surface area contributed by atoms with Gasteiger partial charge in [0.05, 0.1) is 5.02 Å². The number of halogens is 3. The molecule has 0 atom stereocenters. The van der Waals surface area contributed by atoms with E-state index in [0.717, 1.165) is 5.56 Å². The van der Waals surface area contributed by atoms with Crippen molar-refractivity contribution in [2.24, 2.45) is 0 Å². The lowest BCUT2D eigenvalue weighted by atomic mass is 10.2. The second-order valence-electron chi connectivity index (χ2n) is 3.93. The van der Waals surface area contributed by atoms with E-state index in [1.54, 1.807) is 0 Å². The Morgan fingerprint density at radius 1 is 1.16 bits per heavy atom. The van der Waals surface area contributed by atoms with Crippen LogP contribution in [-0.4, -0.2) is 19.6 Å². The molecule has 2 heterocycles. The van der Waals surface area contributed by atoms with Gasteiger partial charge in [-0.05, 0) is 35.0 Å². The Hall–Kier alpha value is -1.17. The summed E-state index contributed by atoms with van der Waals surface area (Å²) < 4.78 is 2.43. The molecule has 4 nitrogen and oxygen atoms in total. The first-order chi connectivity index (χ1) is 9.09. The van der Waals surface area contributed by atoms with Gasteiger partial charge in [0, 0.05) is 5.56 Å². The van der Waals surface area contributed by atoms with Crippen LogP contribution in [0.4, 0.5) is 0 Å². The topological polar surface area (TPSA) is 43.1 Å². The normalized spacial score (nSPS) is 11.2. The molecule has 0 amide bonds. The molecule has 0 N–H and O–H groups in total. The largest absolute Gasteiger partial charge is 0.262 e. The maximum atomic E-state index is 6.20. The highest BCUT2D eigenvalue weighted by molar-refractivity contribution is 9.10. The summed E-state index contributed by atoms with van der Waals surface area (Å²) in [6.45, 7) is 1.84. The Morgan fingerprint density at radius 2 is 1.89 bits per heavy atom. The predicted octanol–water partition coefficient (Wildman–Crippen LogP) is 4.17. The molecule has 0 saturated heterocycles. The molecule has 0 aliphatic rings. The van der Waals surface area contributed by atoms with Crippen molar-refractivity contribution in [2.45, 2.75) is 6.92 Å². The number of aryl methyl sites for hydroxylation is 1. The number of hydrogen-bond acceptors (Lipinski definition) is 3. The van der Waals surface area contributed by atoms with E-state index >= 15 is 0 Å². The predicted molar refractivity (Wildman–Crippen MR) is 78.7 cm³/mol. The van der Waals surface area contributed by atoms with Gasteiger partial charge in [0.2, 0.25) is 0 Å². The molecule has 0 fully saturated rings. The number of benzene rings is 1. The Labute approximate surface area is 127 Å². The van der Waals surface area contributed by atoms with Crippen LogP contribution in [0.25, 0.3) is 17.0 Å². The van der Waals surface area contributed by atoms with Gasteiger partial charge >= 0.3 is 0 Å². The van der Waals surface area contributed by atoms with Crippen molar-refractivity contribution in [3.05, 3.63) is 44.7 Å². The van der Waals surface area contributed by atoms with Crippen LogP contribution >= 0.6 is 39.1 Å². The summed E-state index contributed by atoms with van der Waals surface area (Å²) in [7, 11) is 0. The molecule has 0 unspecified atom stereocenters. The molecule has 0 aliphatic carbocycles. The van der Waals surface area contributed by atoms with E-state index in [4.69, 9.17) is 23.2 Å². The van der Waals surface area contributed by atoms with E-state index in [-0.39, 0.29) is 0 Å². The van der Waals surface area contributed by atoms with Crippen LogP contribution in [0.1, 0.15) is 5.82 Å². The third-order valence-electron chi connectivity index (χ3n) is 2.74. The monoisotopic (exact) mass is 356 g/mol. The summed E-state index contributed by atoms with van der Waals surface area (Å²) in [5, 5.41) is 9.31. The molecule has 0 spiro atoms. The molecule has 2 aromatic heterocycles. The van der Waals surface area contributed by atoms with Crippen LogP contribution in [-0.2, 0) is 0 Å². The van der Waals surface area contributed by atoms with E-state index in [0.29, 0.717) is 31.9 Å². The SMILES string of the molecule is Cc1nc(Cl)c(Br)c2nnc(-c3ccccc3Cl)n12. The molecule has 0 aliphatic heterocycles. The van der Waals surface area contributed by atoms with Crippen LogP contribution in [0.15, 0.2) is 28.7 Å². The smallest absolute Gasteiger partial charge is 0.180 e. The van der Waals surface area contributed by atoms with Crippen LogP contribution < -0.4 is 0 Å². The van der Waals surface area contributed by atoms with Crippen LogP contribution in [0, 0.1) is 6.92 Å². The van der Waals surface area contributed by atoms with Gasteiger partial charge in [-0.1, -0.05) is 35.3 Å². The van der Waals surface area contributed by atoms with Gasteiger partial charge in [-0.3, -0.25) is 4.40 Å². The number of rotatable bonds is 1. The fraction of sp³-hybridized carbons (Fsp3) is 0.0833. The van der Waals surface area contributed by atoms with E-state index in [1.165, 1.54) is 0 Å². The Bertz CT molecular complexity index is 785. The van der Waals surface area contributed by atoms with Crippen molar-refractivity contribution < 1.29 is 0 Å². The maximum Gasteiger partial charge on any atom is 0.180 e. The minimum Gasteiger partial charge on any atom is -0.262 e. The number of fused-ring (bicyclic) bond motifs is 1. The molecule has 19 heavy (non-hydrogen) atoms. The van der Waals surface area contributed by atoms with Crippen LogP contribution in [0.5, 0.6) is 0 Å². The Balaban J connectivity index is 2.39. The highest BCUT2D eigenvalue weighted by Gasteiger charge is 2.17. The van der Waals surface area contributed by atoms with Crippen molar-refractivity contribution in [1.29, 1.82) is 0 Å². The van der Waals surface area contributed by atoms with Gasteiger partial charge in [0.25, 0.3) is 0 Å². The third kappa shape index (κ3) is 2.02. The summed E-state index contributed by atoms with van der Waals surface area (Å²) in [4.78, 5) is 4.25. The first-order valence-electron chi connectivity index (χ1n) is 5.41. The zero-order valence-corrected chi connectivity index (χ0v) is 12.8. The Kier molecular flexibility index (Phi) is 3.20. The number of aromatic nitrogens is 4. The molecular formula is C12H7BrCl2N4. The number of nitrogens with zero attached hydrogens (tertiary/aromatic N) is 4. The zero-order chi connectivity index (χ0) is 13.6. The van der Waals surface area contributed by atoms with Crippen LogP contribution in [0.3, 0.4) is 0 Å². The molecule has 0 radical (unpaired) electrons. The molecule has 7 heteroatoms. The molecule has 0 bridgehead atoms. The summed E-state index contributed by atoms with van der Waals surface area (Å²) in [6.07, 6.45) is 0. The van der Waals surface area contributed by atoms with E-state index in [9.17, 15) is 0 Å². The van der Waals surface area contributed by atoms with Crippen molar-refractivity contribution >= 4 is 44.8 Å². The molecule has 3 aromatic rings. The zero-order valence-electron chi connectivity index (χ0n) is 9.73. The summed E-state index contributed by atoms with van der Waals surface area (Å²) in [5.74, 6) is 1.34. The second kappa shape index (κ2) is 4.74. The van der Waals surface area contributed by atoms with Gasteiger partial charge in [-0.2, -0.15) is 0 Å². The molecule has 0 saturated carbocycles. The fourth-order valence-corrected chi connectivity index (χ4v) is 2.66. The third-order valence-corrected chi connectivity index (χ3v) is 4.30. The van der Waals surface area contributed by atoms with Crippen LogP contribution in [0.2, 0.25) is 10.2 Å². The fourth-order valence-electron chi connectivity index (χ4n) is 1.88. The lowest BCUT2D eigenvalue weighted by molar-refractivity contribution is 0.983. The lowest BCUT2D eigenvalue weighted by Gasteiger charge is -2.06. The summed E-state index contributed by atoms with van der Waals surface area (Å²) in [5.41, 5.74) is 1.42. The molecule has 3 rings (SSSR count). The summed E-state index contributed by atoms with van der Waals surface area (Å²) in [6, 6.07) is 7.47. The minimum atomic E-state index is 0.364. The quantitative estimate of drug-likeness (QED) is 0.614. The van der Waals surface area contributed by atoms with Gasteiger partial charge < -0.3 is 0 Å². The minimum absolute atomic E-state index is 0.364. The standard InChI is InChI=1S/C12H7BrCl2N4/c1-6-16-10(15)9(13)12-18-17-11(19(6)12)7-4-2-3-5-8(7)14/h2-5H,1H3. The highest BCUT2D eigenvalue weighted by atomic mass is 79.9. The van der Waals surface area contributed by atoms with E-state index in [2.05, 4.69) is 31.1 Å². The maximum absolute atomic E-state index is 6.20. The molecule has 1 aromatic carbocycles. The number of hydrogen-bond donors (Lipinski definition) is 0. The highest BCUT2D eigenvalue weighted by Crippen LogP contribution is 2.31. The average molecular weight is 358 g/mol. The van der Waals surface area contributed by atoms with Gasteiger partial charge in [0.15, 0.2) is 11.5 Å². The van der Waals surface area contributed by atoms with Gasteiger partial charge in [-0.15, -0.1) is 10.2 Å². The molecule has 96 valence electrons. The second-order valence-corrected chi connectivity index (χ2v) is 5.48. The van der Waals surface area contributed by atoms with Gasteiger partial charge in [0.1, 0.15) is 15.5 Å². The van der Waals surface area contributed by atoms with Crippen molar-refractivity contribution in [2.75, 3.05) is 0 Å². The summed E-state index contributed by atoms with van der Waals surface area (Å²) >= 11 is 15.6.